The average molecular weight is 234 g/mol. The Labute approximate surface area is 95.4 Å². The molecule has 0 radical (unpaired) electrons. The molecule has 0 saturated heterocycles. The highest BCUT2D eigenvalue weighted by Gasteiger charge is 2.05. The first-order chi connectivity index (χ1) is 6.60. The molecule has 14 heavy (non-hydrogen) atoms. The van der Waals surface area contributed by atoms with Crippen LogP contribution in [0.3, 0.4) is 0 Å². The molecule has 2 N–H and O–H groups in total. The van der Waals surface area contributed by atoms with Crippen LogP contribution in [-0.2, 0) is 4.79 Å². The fourth-order valence-corrected chi connectivity index (χ4v) is 1.73. The van der Waals surface area contributed by atoms with Gasteiger partial charge in [0.15, 0.2) is 0 Å². The number of amides is 1. The second-order valence-corrected chi connectivity index (χ2v) is 4.86. The Morgan fingerprint density at radius 1 is 1.50 bits per heavy atom. The Morgan fingerprint density at radius 3 is 2.64 bits per heavy atom. The summed E-state index contributed by atoms with van der Waals surface area (Å²) in [4.78, 5) is 11.0. The van der Waals surface area contributed by atoms with Crippen molar-refractivity contribution in [2.75, 3.05) is 12.3 Å². The maximum Gasteiger partial charge on any atom is 0.219 e. The molecule has 0 aliphatic carbocycles. The predicted molar refractivity (Wildman–Crippen MR) is 66.6 cm³/mol. The van der Waals surface area contributed by atoms with Gasteiger partial charge in [-0.3, -0.25) is 4.79 Å². The van der Waals surface area contributed by atoms with Crippen LogP contribution in [0.1, 0.15) is 27.2 Å². The molecule has 82 valence electrons. The zero-order valence-corrected chi connectivity index (χ0v) is 10.6. The third kappa shape index (κ3) is 7.15. The third-order valence-electron chi connectivity index (χ3n) is 1.56. The number of carbonyl (C=O) groups is 1. The maximum atomic E-state index is 11.0. The monoisotopic (exact) mass is 234 g/mol. The minimum atomic E-state index is 0.0772. The number of rotatable bonds is 5. The molecule has 0 rings (SSSR count). The molecule has 3 nitrogen and oxygen atoms in total. The van der Waals surface area contributed by atoms with Gasteiger partial charge in [-0.15, -0.1) is 0 Å². The molecule has 0 aliphatic rings. The summed E-state index contributed by atoms with van der Waals surface area (Å²) in [5, 5.41) is 5.95. The van der Waals surface area contributed by atoms with E-state index in [4.69, 9.17) is 12.2 Å². The van der Waals surface area contributed by atoms with Crippen LogP contribution in [-0.4, -0.2) is 28.6 Å². The lowest BCUT2D eigenvalue weighted by Crippen LogP contribution is -2.40. The molecule has 0 aromatic rings. The van der Waals surface area contributed by atoms with Crippen LogP contribution in [0.2, 0.25) is 0 Å². The Kier molecular flexibility index (Phi) is 7.89. The standard InChI is InChI=1S/C9H18N2OS2/c1-4-8(12)11-7(3)6-10-9(13)14-5-2/h7H,4-6H2,1-3H3,(H,10,13)(H,11,12). The highest BCUT2D eigenvalue weighted by Crippen LogP contribution is 1.99. The molecule has 0 aliphatic heterocycles. The summed E-state index contributed by atoms with van der Waals surface area (Å²) in [5.41, 5.74) is 0. The highest BCUT2D eigenvalue weighted by atomic mass is 32.2. The van der Waals surface area contributed by atoms with E-state index < -0.39 is 0 Å². The number of hydrogen-bond donors (Lipinski definition) is 2. The Balaban J connectivity index is 3.57. The Morgan fingerprint density at radius 2 is 2.14 bits per heavy atom. The van der Waals surface area contributed by atoms with Gasteiger partial charge in [-0.05, 0) is 12.7 Å². The number of thiocarbonyl (C=S) groups is 1. The predicted octanol–water partition coefficient (Wildman–Crippen LogP) is 1.53. The minimum absolute atomic E-state index is 0.0772. The van der Waals surface area contributed by atoms with E-state index in [1.54, 1.807) is 11.8 Å². The molecular weight excluding hydrogens is 216 g/mol. The molecular formula is C9H18N2OS2. The van der Waals surface area contributed by atoms with Gasteiger partial charge < -0.3 is 10.6 Å². The van der Waals surface area contributed by atoms with Crippen LogP contribution in [0, 0.1) is 0 Å². The molecule has 0 spiro atoms. The number of carbonyl (C=O) groups excluding carboxylic acids is 1. The fourth-order valence-electron chi connectivity index (χ4n) is 0.846. The van der Waals surface area contributed by atoms with Gasteiger partial charge in [0.1, 0.15) is 4.32 Å². The molecule has 1 amide bonds. The van der Waals surface area contributed by atoms with Crippen LogP contribution in [0.25, 0.3) is 0 Å². The van der Waals surface area contributed by atoms with Crippen LogP contribution < -0.4 is 10.6 Å². The normalized spacial score (nSPS) is 11.9. The summed E-state index contributed by atoms with van der Waals surface area (Å²) >= 11 is 6.66. The summed E-state index contributed by atoms with van der Waals surface area (Å²) in [5.74, 6) is 1.05. The molecule has 0 saturated carbocycles. The zero-order chi connectivity index (χ0) is 11.0. The van der Waals surface area contributed by atoms with Crippen LogP contribution >= 0.6 is 24.0 Å². The highest BCUT2D eigenvalue weighted by molar-refractivity contribution is 8.22. The van der Waals surface area contributed by atoms with Gasteiger partial charge in [-0.1, -0.05) is 37.8 Å². The molecule has 0 bridgehead atoms. The molecule has 1 atom stereocenters. The molecule has 0 aromatic carbocycles. The zero-order valence-electron chi connectivity index (χ0n) is 8.92. The molecule has 5 heteroatoms. The van der Waals surface area contributed by atoms with Gasteiger partial charge in [-0.25, -0.2) is 0 Å². The van der Waals surface area contributed by atoms with Gasteiger partial charge in [0.25, 0.3) is 0 Å². The van der Waals surface area contributed by atoms with E-state index in [2.05, 4.69) is 17.6 Å². The van der Waals surface area contributed by atoms with E-state index in [0.29, 0.717) is 13.0 Å². The topological polar surface area (TPSA) is 41.1 Å². The average Bonchev–Trinajstić information content (AvgIpc) is 2.15. The summed E-state index contributed by atoms with van der Waals surface area (Å²) in [6.07, 6.45) is 0.526. The van der Waals surface area contributed by atoms with Gasteiger partial charge in [0, 0.05) is 19.0 Å². The summed E-state index contributed by atoms with van der Waals surface area (Å²) < 4.78 is 0.796. The van der Waals surface area contributed by atoms with Crippen molar-refractivity contribution in [2.45, 2.75) is 33.2 Å². The van der Waals surface area contributed by atoms with Crippen molar-refractivity contribution in [3.05, 3.63) is 0 Å². The van der Waals surface area contributed by atoms with Crippen LogP contribution in [0.4, 0.5) is 0 Å². The van der Waals surface area contributed by atoms with Gasteiger partial charge in [-0.2, -0.15) is 0 Å². The molecule has 0 aromatic heterocycles. The second kappa shape index (κ2) is 8.05. The van der Waals surface area contributed by atoms with Crippen molar-refractivity contribution in [1.82, 2.24) is 10.6 Å². The third-order valence-corrected chi connectivity index (χ3v) is 2.75. The first kappa shape index (κ1) is 13.7. The van der Waals surface area contributed by atoms with Gasteiger partial charge in [0.05, 0.1) is 0 Å². The van der Waals surface area contributed by atoms with Crippen molar-refractivity contribution >= 4 is 34.2 Å². The van der Waals surface area contributed by atoms with Crippen molar-refractivity contribution in [3.8, 4) is 0 Å². The van der Waals surface area contributed by atoms with E-state index in [9.17, 15) is 4.79 Å². The van der Waals surface area contributed by atoms with E-state index in [-0.39, 0.29) is 11.9 Å². The minimum Gasteiger partial charge on any atom is -0.369 e. The Bertz CT molecular complexity index is 197. The first-order valence-corrected chi connectivity index (χ1v) is 6.19. The fraction of sp³-hybridized carbons (Fsp3) is 0.778. The van der Waals surface area contributed by atoms with Crippen molar-refractivity contribution in [2.24, 2.45) is 0 Å². The second-order valence-electron chi connectivity index (χ2n) is 2.92. The maximum absolute atomic E-state index is 11.0. The number of hydrogen-bond acceptors (Lipinski definition) is 3. The SMILES string of the molecule is CCSC(=S)NCC(C)NC(=O)CC. The van der Waals surface area contributed by atoms with Gasteiger partial charge >= 0.3 is 0 Å². The van der Waals surface area contributed by atoms with Crippen molar-refractivity contribution < 1.29 is 4.79 Å². The van der Waals surface area contributed by atoms with Crippen molar-refractivity contribution in [1.29, 1.82) is 0 Å². The van der Waals surface area contributed by atoms with Crippen molar-refractivity contribution in [3.63, 3.8) is 0 Å². The van der Waals surface area contributed by atoms with E-state index in [1.165, 1.54) is 0 Å². The van der Waals surface area contributed by atoms with Crippen LogP contribution in [0.5, 0.6) is 0 Å². The Hall–Kier alpha value is -0.290. The van der Waals surface area contributed by atoms with E-state index in [1.807, 2.05) is 13.8 Å². The quantitative estimate of drug-likeness (QED) is 0.708. The van der Waals surface area contributed by atoms with E-state index >= 15 is 0 Å². The molecule has 0 fully saturated rings. The first-order valence-electron chi connectivity index (χ1n) is 4.80. The lowest BCUT2D eigenvalue weighted by molar-refractivity contribution is -0.121. The largest absolute Gasteiger partial charge is 0.369 e. The van der Waals surface area contributed by atoms with E-state index in [0.717, 1.165) is 10.1 Å². The number of nitrogens with one attached hydrogen (secondary N) is 2. The van der Waals surface area contributed by atoms with Gasteiger partial charge in [0.2, 0.25) is 5.91 Å². The molecule has 1 unspecified atom stereocenters. The molecule has 0 heterocycles. The lowest BCUT2D eigenvalue weighted by Gasteiger charge is -2.14. The smallest absolute Gasteiger partial charge is 0.219 e. The number of thioether (sulfide) groups is 1. The lowest BCUT2D eigenvalue weighted by atomic mass is 10.3. The van der Waals surface area contributed by atoms with Crippen LogP contribution in [0.15, 0.2) is 0 Å². The summed E-state index contributed by atoms with van der Waals surface area (Å²) in [6.45, 7) is 6.55. The summed E-state index contributed by atoms with van der Waals surface area (Å²) in [7, 11) is 0. The summed E-state index contributed by atoms with van der Waals surface area (Å²) in [6, 6.07) is 0.123.